The zero-order valence-corrected chi connectivity index (χ0v) is 14.8. The Balaban J connectivity index is 1.51. The predicted octanol–water partition coefficient (Wildman–Crippen LogP) is 1.57. The zero-order valence-electron chi connectivity index (χ0n) is 14.8. The van der Waals surface area contributed by atoms with Gasteiger partial charge in [0.05, 0.1) is 25.5 Å². The molecule has 0 saturated carbocycles. The van der Waals surface area contributed by atoms with Crippen molar-refractivity contribution in [1.29, 1.82) is 5.26 Å². The lowest BCUT2D eigenvalue weighted by molar-refractivity contribution is 0.209. The Bertz CT molecular complexity index is 982. The third kappa shape index (κ3) is 2.93. The molecule has 1 aromatic carbocycles. The Morgan fingerprint density at radius 1 is 1.27 bits per heavy atom. The molecule has 0 fully saturated rings. The second-order valence-electron chi connectivity index (χ2n) is 6.37. The fourth-order valence-electron chi connectivity index (χ4n) is 3.26. The van der Waals surface area contributed by atoms with Crippen LogP contribution in [0.4, 0.5) is 0 Å². The van der Waals surface area contributed by atoms with Gasteiger partial charge in [0.15, 0.2) is 5.82 Å². The number of ether oxygens (including phenoxy) is 1. The van der Waals surface area contributed by atoms with Crippen molar-refractivity contribution < 1.29 is 4.74 Å². The first-order valence-corrected chi connectivity index (χ1v) is 8.37. The van der Waals surface area contributed by atoms with Gasteiger partial charge >= 0.3 is 0 Å². The predicted molar refractivity (Wildman–Crippen MR) is 94.0 cm³/mol. The van der Waals surface area contributed by atoms with Crippen molar-refractivity contribution in [2.45, 2.75) is 19.6 Å². The minimum atomic E-state index is 0.558. The van der Waals surface area contributed by atoms with Gasteiger partial charge in [-0.1, -0.05) is 6.07 Å². The Hall–Kier alpha value is -3.18. The van der Waals surface area contributed by atoms with Crippen LogP contribution in [0.3, 0.4) is 0 Å². The number of nitrogens with zero attached hydrogens (tertiary/aromatic N) is 7. The van der Waals surface area contributed by atoms with E-state index < -0.39 is 0 Å². The van der Waals surface area contributed by atoms with E-state index in [-0.39, 0.29) is 0 Å². The smallest absolute Gasteiger partial charge is 0.184 e. The average molecular weight is 349 g/mol. The van der Waals surface area contributed by atoms with Crippen molar-refractivity contribution in [1.82, 2.24) is 29.2 Å². The second-order valence-corrected chi connectivity index (χ2v) is 6.37. The van der Waals surface area contributed by atoms with E-state index in [1.54, 1.807) is 13.4 Å². The van der Waals surface area contributed by atoms with E-state index in [9.17, 15) is 5.26 Å². The molecule has 0 amide bonds. The molecule has 0 saturated heterocycles. The van der Waals surface area contributed by atoms with E-state index in [0.717, 1.165) is 42.5 Å². The van der Waals surface area contributed by atoms with Crippen LogP contribution in [0.25, 0.3) is 11.5 Å². The van der Waals surface area contributed by atoms with Gasteiger partial charge in [-0.3, -0.25) is 4.90 Å². The van der Waals surface area contributed by atoms with E-state index in [4.69, 9.17) is 4.74 Å². The highest BCUT2D eigenvalue weighted by Crippen LogP contribution is 2.23. The molecule has 1 aliphatic heterocycles. The number of benzene rings is 1. The summed E-state index contributed by atoms with van der Waals surface area (Å²) in [6, 6.07) is 7.92. The molecule has 0 aliphatic carbocycles. The molecule has 0 bridgehead atoms. The van der Waals surface area contributed by atoms with Crippen LogP contribution in [0.15, 0.2) is 30.7 Å². The first-order chi connectivity index (χ1) is 12.7. The van der Waals surface area contributed by atoms with E-state index in [0.29, 0.717) is 17.9 Å². The quantitative estimate of drug-likeness (QED) is 0.711. The SMILES string of the molecule is COc1ccc(CN2CCn3c(nnc3-c3cn(C)cn3)C2)cc1C#N. The molecule has 0 spiro atoms. The molecule has 26 heavy (non-hydrogen) atoms. The first kappa shape index (κ1) is 16.3. The maximum Gasteiger partial charge on any atom is 0.184 e. The molecule has 8 nitrogen and oxygen atoms in total. The van der Waals surface area contributed by atoms with Crippen molar-refractivity contribution in [3.63, 3.8) is 0 Å². The van der Waals surface area contributed by atoms with Crippen LogP contribution >= 0.6 is 0 Å². The van der Waals surface area contributed by atoms with Crippen LogP contribution in [0.1, 0.15) is 17.0 Å². The monoisotopic (exact) mass is 349 g/mol. The van der Waals surface area contributed by atoms with Gasteiger partial charge in [0.25, 0.3) is 0 Å². The fraction of sp³-hybridized carbons (Fsp3) is 0.333. The lowest BCUT2D eigenvalue weighted by Gasteiger charge is -2.27. The summed E-state index contributed by atoms with van der Waals surface area (Å²) >= 11 is 0. The highest BCUT2D eigenvalue weighted by atomic mass is 16.5. The Labute approximate surface area is 151 Å². The summed E-state index contributed by atoms with van der Waals surface area (Å²) in [5.41, 5.74) is 2.48. The summed E-state index contributed by atoms with van der Waals surface area (Å²) in [6.45, 7) is 3.17. The number of rotatable bonds is 4. The van der Waals surface area contributed by atoms with Crippen LogP contribution in [0.2, 0.25) is 0 Å². The standard InChI is InChI=1S/C18H19N7O/c1-23-10-15(20-12-23)18-22-21-17-11-24(5-6-25(17)18)9-13-3-4-16(26-2)14(7-13)8-19/h3-4,7,10,12H,5-6,9,11H2,1-2H3. The molecule has 1 aliphatic rings. The number of fused-ring (bicyclic) bond motifs is 1. The Kier molecular flexibility index (Phi) is 4.14. The van der Waals surface area contributed by atoms with Crippen molar-refractivity contribution >= 4 is 0 Å². The van der Waals surface area contributed by atoms with Crippen molar-refractivity contribution in [2.24, 2.45) is 7.05 Å². The number of methoxy groups -OCH3 is 1. The van der Waals surface area contributed by atoms with Crippen LogP contribution in [-0.2, 0) is 26.7 Å². The molecular formula is C18H19N7O. The fourth-order valence-corrected chi connectivity index (χ4v) is 3.26. The summed E-state index contributed by atoms with van der Waals surface area (Å²) in [4.78, 5) is 6.67. The highest BCUT2D eigenvalue weighted by molar-refractivity contribution is 5.48. The first-order valence-electron chi connectivity index (χ1n) is 8.37. The highest BCUT2D eigenvalue weighted by Gasteiger charge is 2.23. The van der Waals surface area contributed by atoms with Crippen molar-refractivity contribution in [3.8, 4) is 23.3 Å². The molecule has 0 unspecified atom stereocenters. The normalized spacial score (nSPS) is 14.0. The molecule has 3 heterocycles. The summed E-state index contributed by atoms with van der Waals surface area (Å²) < 4.78 is 9.25. The van der Waals surface area contributed by atoms with Gasteiger partial charge in [0, 0.05) is 32.9 Å². The molecular weight excluding hydrogens is 330 g/mol. The number of aromatic nitrogens is 5. The molecule has 0 radical (unpaired) electrons. The molecule has 3 aromatic rings. The Morgan fingerprint density at radius 2 is 2.15 bits per heavy atom. The average Bonchev–Trinajstić information content (AvgIpc) is 3.27. The van der Waals surface area contributed by atoms with Gasteiger partial charge in [-0.15, -0.1) is 10.2 Å². The van der Waals surface area contributed by atoms with E-state index in [1.807, 2.05) is 36.0 Å². The van der Waals surface area contributed by atoms with Crippen LogP contribution in [0, 0.1) is 11.3 Å². The molecule has 8 heteroatoms. The number of nitriles is 1. The minimum absolute atomic E-state index is 0.558. The van der Waals surface area contributed by atoms with Crippen molar-refractivity contribution in [3.05, 3.63) is 47.7 Å². The zero-order chi connectivity index (χ0) is 18.1. The summed E-state index contributed by atoms with van der Waals surface area (Å²) in [7, 11) is 3.52. The van der Waals surface area contributed by atoms with Gasteiger partial charge in [-0.25, -0.2) is 4.98 Å². The number of aryl methyl sites for hydroxylation is 1. The minimum Gasteiger partial charge on any atom is -0.495 e. The van der Waals surface area contributed by atoms with Crippen LogP contribution < -0.4 is 4.74 Å². The maximum atomic E-state index is 9.25. The third-order valence-electron chi connectivity index (χ3n) is 4.56. The van der Waals surface area contributed by atoms with Crippen LogP contribution in [0.5, 0.6) is 5.75 Å². The van der Waals surface area contributed by atoms with E-state index >= 15 is 0 Å². The summed E-state index contributed by atoms with van der Waals surface area (Å²) in [5, 5.41) is 17.9. The maximum absolute atomic E-state index is 9.25. The second kappa shape index (κ2) is 6.61. The lowest BCUT2D eigenvalue weighted by atomic mass is 10.1. The van der Waals surface area contributed by atoms with Gasteiger partial charge in [-0.2, -0.15) is 5.26 Å². The number of imidazole rings is 1. The van der Waals surface area contributed by atoms with Gasteiger partial charge in [0.2, 0.25) is 0 Å². The van der Waals surface area contributed by atoms with Crippen LogP contribution in [-0.4, -0.2) is 42.9 Å². The largest absolute Gasteiger partial charge is 0.495 e. The molecule has 0 N–H and O–H groups in total. The van der Waals surface area contributed by atoms with E-state index in [1.165, 1.54) is 0 Å². The topological polar surface area (TPSA) is 84.8 Å². The van der Waals surface area contributed by atoms with Crippen molar-refractivity contribution in [2.75, 3.05) is 13.7 Å². The molecule has 132 valence electrons. The van der Waals surface area contributed by atoms with Gasteiger partial charge in [0.1, 0.15) is 23.3 Å². The van der Waals surface area contributed by atoms with Gasteiger partial charge < -0.3 is 13.9 Å². The molecule has 2 aromatic heterocycles. The lowest BCUT2D eigenvalue weighted by Crippen LogP contribution is -2.33. The number of hydrogen-bond donors (Lipinski definition) is 0. The number of hydrogen-bond acceptors (Lipinski definition) is 6. The molecule has 0 atom stereocenters. The summed E-state index contributed by atoms with van der Waals surface area (Å²) in [5.74, 6) is 2.36. The van der Waals surface area contributed by atoms with Gasteiger partial charge in [-0.05, 0) is 17.7 Å². The third-order valence-corrected chi connectivity index (χ3v) is 4.56. The molecule has 4 rings (SSSR count). The Morgan fingerprint density at radius 3 is 2.88 bits per heavy atom. The van der Waals surface area contributed by atoms with E-state index in [2.05, 4.69) is 30.7 Å². The summed E-state index contributed by atoms with van der Waals surface area (Å²) in [6.07, 6.45) is 3.72.